The Bertz CT molecular complexity index is 531. The van der Waals surface area contributed by atoms with Crippen LogP contribution in [0.3, 0.4) is 0 Å². The van der Waals surface area contributed by atoms with Gasteiger partial charge in [-0.15, -0.1) is 0 Å². The van der Waals surface area contributed by atoms with E-state index in [4.69, 9.17) is 9.47 Å². The van der Waals surface area contributed by atoms with Gasteiger partial charge in [-0.25, -0.2) is 0 Å². The monoisotopic (exact) mass is 303 g/mol. The van der Waals surface area contributed by atoms with Gasteiger partial charge in [0.2, 0.25) is 0 Å². The molecule has 0 N–H and O–H groups in total. The van der Waals surface area contributed by atoms with Crippen molar-refractivity contribution in [1.82, 2.24) is 4.90 Å². The lowest BCUT2D eigenvalue weighted by atomic mass is 10.1. The molecule has 1 fully saturated rings. The predicted molar refractivity (Wildman–Crippen MR) is 87.7 cm³/mol. The second kappa shape index (κ2) is 7.56. The molecule has 1 heterocycles. The third-order valence-electron chi connectivity index (χ3n) is 3.65. The van der Waals surface area contributed by atoms with Gasteiger partial charge in [0, 0.05) is 13.1 Å². The van der Waals surface area contributed by atoms with E-state index in [0.717, 1.165) is 18.7 Å². The van der Waals surface area contributed by atoms with E-state index in [1.807, 2.05) is 39.0 Å². The Hall–Kier alpha value is -1.65. The molecule has 1 aromatic carbocycles. The van der Waals surface area contributed by atoms with Crippen LogP contribution >= 0.6 is 0 Å². The van der Waals surface area contributed by atoms with Crippen molar-refractivity contribution in [3.05, 3.63) is 42.0 Å². The van der Waals surface area contributed by atoms with Gasteiger partial charge in [0.1, 0.15) is 12.4 Å². The zero-order valence-corrected chi connectivity index (χ0v) is 13.7. The van der Waals surface area contributed by atoms with E-state index >= 15 is 0 Å². The number of rotatable bonds is 6. The van der Waals surface area contributed by atoms with Crippen LogP contribution in [0.1, 0.15) is 29.8 Å². The number of hydrogen-bond acceptors (Lipinski definition) is 4. The Balaban J connectivity index is 2.11. The van der Waals surface area contributed by atoms with Gasteiger partial charge in [0.25, 0.3) is 0 Å². The molecule has 1 saturated heterocycles. The first kappa shape index (κ1) is 16.7. The molecule has 0 aliphatic carbocycles. The quantitative estimate of drug-likeness (QED) is 0.598. The zero-order valence-electron chi connectivity index (χ0n) is 13.7. The van der Waals surface area contributed by atoms with Gasteiger partial charge in [0.05, 0.1) is 24.3 Å². The topological polar surface area (TPSA) is 38.8 Å². The summed E-state index contributed by atoms with van der Waals surface area (Å²) >= 11 is 0. The molecule has 22 heavy (non-hydrogen) atoms. The second-order valence-electron chi connectivity index (χ2n) is 5.97. The number of morpholine rings is 1. The van der Waals surface area contributed by atoms with Gasteiger partial charge in [-0.05, 0) is 32.9 Å². The summed E-state index contributed by atoms with van der Waals surface area (Å²) in [5, 5.41) is 0. The molecule has 0 bridgehead atoms. The van der Waals surface area contributed by atoms with Crippen molar-refractivity contribution >= 4 is 5.78 Å². The Kier molecular flexibility index (Phi) is 5.75. The fraction of sp³-hybridized carbons (Fsp3) is 0.500. The smallest absolute Gasteiger partial charge is 0.180 e. The fourth-order valence-corrected chi connectivity index (χ4v) is 2.84. The van der Waals surface area contributed by atoms with Crippen LogP contribution in [0.2, 0.25) is 0 Å². The number of aryl methyl sites for hydroxylation is 1. The summed E-state index contributed by atoms with van der Waals surface area (Å²) in [6.45, 7) is 12.1. The second-order valence-corrected chi connectivity index (χ2v) is 5.97. The molecule has 4 heteroatoms. The van der Waals surface area contributed by atoms with Gasteiger partial charge in [-0.1, -0.05) is 24.3 Å². The maximum Gasteiger partial charge on any atom is 0.180 e. The third-order valence-corrected chi connectivity index (χ3v) is 3.65. The van der Waals surface area contributed by atoms with Crippen LogP contribution in [0.5, 0.6) is 5.75 Å². The third kappa shape index (κ3) is 4.42. The predicted octanol–water partition coefficient (Wildman–Crippen LogP) is 2.85. The fourth-order valence-electron chi connectivity index (χ4n) is 2.84. The van der Waals surface area contributed by atoms with Crippen molar-refractivity contribution in [3.63, 3.8) is 0 Å². The standard InChI is InChI=1S/C18H25NO3/c1-5-8-21-18-7-6-13(2)9-16(18)17(20)12-19-10-14(3)22-15(4)11-19/h5-7,9,14-15H,1,8,10-12H2,2-4H3. The van der Waals surface area contributed by atoms with Crippen molar-refractivity contribution < 1.29 is 14.3 Å². The van der Waals surface area contributed by atoms with Crippen LogP contribution < -0.4 is 4.74 Å². The number of ether oxygens (including phenoxy) is 2. The summed E-state index contributed by atoms with van der Waals surface area (Å²) in [6, 6.07) is 5.71. The SMILES string of the molecule is C=CCOc1ccc(C)cc1C(=O)CN1CC(C)OC(C)C1. The van der Waals surface area contributed by atoms with Crippen molar-refractivity contribution in [2.24, 2.45) is 0 Å². The van der Waals surface area contributed by atoms with E-state index < -0.39 is 0 Å². The number of ketones is 1. The van der Waals surface area contributed by atoms with Crippen LogP contribution in [0.4, 0.5) is 0 Å². The molecular weight excluding hydrogens is 278 g/mol. The lowest BCUT2D eigenvalue weighted by molar-refractivity contribution is -0.0652. The Morgan fingerprint density at radius 2 is 2.09 bits per heavy atom. The number of carbonyl (C=O) groups is 1. The molecule has 4 nitrogen and oxygen atoms in total. The van der Waals surface area contributed by atoms with E-state index in [0.29, 0.717) is 24.5 Å². The Labute approximate surface area is 132 Å². The average molecular weight is 303 g/mol. The van der Waals surface area contributed by atoms with Gasteiger partial charge < -0.3 is 9.47 Å². The summed E-state index contributed by atoms with van der Waals surface area (Å²) < 4.78 is 11.3. The van der Waals surface area contributed by atoms with Crippen molar-refractivity contribution in [3.8, 4) is 5.75 Å². The van der Waals surface area contributed by atoms with E-state index in [2.05, 4.69) is 11.5 Å². The molecule has 1 aliphatic heterocycles. The first-order chi connectivity index (χ1) is 10.5. The van der Waals surface area contributed by atoms with Crippen molar-refractivity contribution in [1.29, 1.82) is 0 Å². The van der Waals surface area contributed by atoms with Crippen LogP contribution in [-0.4, -0.2) is 49.1 Å². The van der Waals surface area contributed by atoms with Gasteiger partial charge in [-0.3, -0.25) is 9.69 Å². The molecule has 120 valence electrons. The van der Waals surface area contributed by atoms with Crippen LogP contribution in [0.15, 0.2) is 30.9 Å². The van der Waals surface area contributed by atoms with E-state index in [9.17, 15) is 4.79 Å². The molecule has 0 aromatic heterocycles. The molecular formula is C18H25NO3. The summed E-state index contributed by atoms with van der Waals surface area (Å²) in [4.78, 5) is 14.8. The number of benzene rings is 1. The minimum atomic E-state index is 0.0871. The maximum absolute atomic E-state index is 12.7. The lowest BCUT2D eigenvalue weighted by Crippen LogP contribution is -2.47. The van der Waals surface area contributed by atoms with Crippen LogP contribution in [0.25, 0.3) is 0 Å². The normalized spacial score (nSPS) is 22.3. The summed E-state index contributed by atoms with van der Waals surface area (Å²) in [6.07, 6.45) is 2.00. The number of nitrogens with zero attached hydrogens (tertiary/aromatic N) is 1. The van der Waals surface area contributed by atoms with Crippen LogP contribution in [0, 0.1) is 6.92 Å². The highest BCUT2D eigenvalue weighted by Crippen LogP contribution is 2.22. The Morgan fingerprint density at radius 1 is 1.41 bits per heavy atom. The van der Waals surface area contributed by atoms with Crippen molar-refractivity contribution in [2.45, 2.75) is 33.0 Å². The minimum Gasteiger partial charge on any atom is -0.489 e. The summed E-state index contributed by atoms with van der Waals surface area (Å²) in [5.41, 5.74) is 1.70. The number of hydrogen-bond donors (Lipinski definition) is 0. The van der Waals surface area contributed by atoms with Gasteiger partial charge >= 0.3 is 0 Å². The molecule has 0 amide bonds. The molecule has 2 unspecified atom stereocenters. The molecule has 2 rings (SSSR count). The molecule has 0 spiro atoms. The molecule has 1 aromatic rings. The summed E-state index contributed by atoms with van der Waals surface area (Å²) in [5.74, 6) is 0.717. The number of Topliss-reactive ketones (excluding diaryl/α,β-unsaturated/α-hetero) is 1. The zero-order chi connectivity index (χ0) is 16.1. The highest BCUT2D eigenvalue weighted by atomic mass is 16.5. The van der Waals surface area contributed by atoms with E-state index in [-0.39, 0.29) is 18.0 Å². The first-order valence-electron chi connectivity index (χ1n) is 7.75. The minimum absolute atomic E-state index is 0.0871. The molecule has 2 atom stereocenters. The number of carbonyl (C=O) groups excluding carboxylic acids is 1. The highest BCUT2D eigenvalue weighted by molar-refractivity contribution is 6.00. The van der Waals surface area contributed by atoms with E-state index in [1.54, 1.807) is 6.08 Å². The molecule has 0 radical (unpaired) electrons. The Morgan fingerprint density at radius 3 is 2.73 bits per heavy atom. The largest absolute Gasteiger partial charge is 0.489 e. The van der Waals surface area contributed by atoms with E-state index in [1.165, 1.54) is 0 Å². The van der Waals surface area contributed by atoms with Crippen molar-refractivity contribution in [2.75, 3.05) is 26.2 Å². The van der Waals surface area contributed by atoms with Gasteiger partial charge in [-0.2, -0.15) is 0 Å². The first-order valence-corrected chi connectivity index (χ1v) is 7.75. The molecule has 0 saturated carbocycles. The van der Waals surface area contributed by atoms with Crippen LogP contribution in [-0.2, 0) is 4.74 Å². The molecule has 1 aliphatic rings. The lowest BCUT2D eigenvalue weighted by Gasteiger charge is -2.34. The van der Waals surface area contributed by atoms with Gasteiger partial charge in [0.15, 0.2) is 5.78 Å². The average Bonchev–Trinajstić information content (AvgIpc) is 2.44. The summed E-state index contributed by atoms with van der Waals surface area (Å²) in [7, 11) is 0. The maximum atomic E-state index is 12.7. The highest BCUT2D eigenvalue weighted by Gasteiger charge is 2.25.